The monoisotopic (exact) mass is 434 g/mol. The Morgan fingerprint density at radius 3 is 2.32 bits per heavy atom. The fourth-order valence-electron chi connectivity index (χ4n) is 3.27. The average Bonchev–Trinajstić information content (AvgIpc) is 2.79. The van der Waals surface area contributed by atoms with E-state index in [9.17, 15) is 17.6 Å². The summed E-state index contributed by atoms with van der Waals surface area (Å²) >= 11 is 0. The van der Waals surface area contributed by atoms with Gasteiger partial charge < -0.3 is 5.32 Å². The number of pyridine rings is 1. The van der Waals surface area contributed by atoms with Gasteiger partial charge in [-0.1, -0.05) is 36.4 Å². The minimum atomic E-state index is -3.50. The number of amides is 1. The van der Waals surface area contributed by atoms with Gasteiger partial charge in [-0.25, -0.2) is 17.8 Å². The molecule has 0 radical (unpaired) electrons. The standard InChI is InChI=1S/C24H19FN2O3S/c25-18-12-10-17(11-13-18)23-16-21(20-8-4-5-9-22(20)27-23)24(28)26-14-15-31(29,30)19-6-2-1-3-7-19/h1-13,16H,14-15H2,(H,26,28). The summed E-state index contributed by atoms with van der Waals surface area (Å²) in [7, 11) is -3.50. The quantitative estimate of drug-likeness (QED) is 0.492. The van der Waals surface area contributed by atoms with Crippen molar-refractivity contribution in [3.63, 3.8) is 0 Å². The van der Waals surface area contributed by atoms with E-state index in [-0.39, 0.29) is 23.0 Å². The molecule has 0 aliphatic carbocycles. The zero-order chi connectivity index (χ0) is 21.8. The molecule has 0 aliphatic rings. The minimum Gasteiger partial charge on any atom is -0.351 e. The smallest absolute Gasteiger partial charge is 0.252 e. The third-order valence-corrected chi connectivity index (χ3v) is 6.59. The van der Waals surface area contributed by atoms with Crippen molar-refractivity contribution in [1.82, 2.24) is 10.3 Å². The van der Waals surface area contributed by atoms with Gasteiger partial charge in [0.05, 0.1) is 27.4 Å². The number of nitrogens with one attached hydrogen (secondary N) is 1. The summed E-state index contributed by atoms with van der Waals surface area (Å²) in [6.07, 6.45) is 0. The van der Waals surface area contributed by atoms with E-state index in [1.807, 2.05) is 6.07 Å². The molecule has 1 heterocycles. The molecule has 1 N–H and O–H groups in total. The number of halogens is 1. The number of nitrogens with zero attached hydrogens (tertiary/aromatic N) is 1. The number of fused-ring (bicyclic) bond motifs is 1. The average molecular weight is 434 g/mol. The Morgan fingerprint density at radius 2 is 1.58 bits per heavy atom. The lowest BCUT2D eigenvalue weighted by molar-refractivity contribution is 0.0957. The van der Waals surface area contributed by atoms with Crippen LogP contribution in [0.5, 0.6) is 0 Å². The van der Waals surface area contributed by atoms with Gasteiger partial charge in [0.15, 0.2) is 9.84 Å². The first-order chi connectivity index (χ1) is 14.9. The predicted octanol–water partition coefficient (Wildman–Crippen LogP) is 4.24. The Hall–Kier alpha value is -3.58. The van der Waals surface area contributed by atoms with E-state index >= 15 is 0 Å². The first-order valence-electron chi connectivity index (χ1n) is 9.66. The van der Waals surface area contributed by atoms with Crippen LogP contribution in [0.4, 0.5) is 4.39 Å². The number of para-hydroxylation sites is 1. The van der Waals surface area contributed by atoms with Crippen LogP contribution in [-0.4, -0.2) is 31.6 Å². The number of carbonyl (C=O) groups excluding carboxylic acids is 1. The fraction of sp³-hybridized carbons (Fsp3) is 0.0833. The van der Waals surface area contributed by atoms with Crippen molar-refractivity contribution in [3.8, 4) is 11.3 Å². The highest BCUT2D eigenvalue weighted by molar-refractivity contribution is 7.91. The fourth-order valence-corrected chi connectivity index (χ4v) is 4.45. The van der Waals surface area contributed by atoms with Crippen LogP contribution in [0, 0.1) is 5.82 Å². The summed E-state index contributed by atoms with van der Waals surface area (Å²) in [4.78, 5) is 17.7. The lowest BCUT2D eigenvalue weighted by Gasteiger charge is -2.11. The molecule has 0 saturated carbocycles. The second-order valence-electron chi connectivity index (χ2n) is 6.97. The highest BCUT2D eigenvalue weighted by atomic mass is 32.2. The van der Waals surface area contributed by atoms with Crippen molar-refractivity contribution in [2.24, 2.45) is 0 Å². The molecule has 4 rings (SSSR count). The summed E-state index contributed by atoms with van der Waals surface area (Å²) in [6, 6.07) is 22.8. The van der Waals surface area contributed by atoms with E-state index in [2.05, 4.69) is 10.3 Å². The van der Waals surface area contributed by atoms with Crippen LogP contribution in [0.3, 0.4) is 0 Å². The maximum Gasteiger partial charge on any atom is 0.252 e. The van der Waals surface area contributed by atoms with E-state index in [0.717, 1.165) is 0 Å². The Morgan fingerprint density at radius 1 is 0.903 bits per heavy atom. The number of aromatic nitrogens is 1. The molecule has 0 unspecified atom stereocenters. The number of rotatable bonds is 6. The van der Waals surface area contributed by atoms with Crippen LogP contribution in [0.25, 0.3) is 22.2 Å². The van der Waals surface area contributed by atoms with Gasteiger partial charge in [-0.2, -0.15) is 0 Å². The summed E-state index contributed by atoms with van der Waals surface area (Å²) < 4.78 is 38.2. The number of hydrogen-bond donors (Lipinski definition) is 1. The van der Waals surface area contributed by atoms with E-state index in [1.165, 1.54) is 24.3 Å². The molecule has 0 atom stereocenters. The van der Waals surface area contributed by atoms with E-state index in [4.69, 9.17) is 0 Å². The molecule has 0 saturated heterocycles. The van der Waals surface area contributed by atoms with Gasteiger partial charge in [-0.15, -0.1) is 0 Å². The minimum absolute atomic E-state index is 0.0292. The lowest BCUT2D eigenvalue weighted by Crippen LogP contribution is -2.29. The zero-order valence-corrected chi connectivity index (χ0v) is 17.3. The Kier molecular flexibility index (Phi) is 5.77. The van der Waals surface area contributed by atoms with Crippen LogP contribution in [-0.2, 0) is 9.84 Å². The molecule has 31 heavy (non-hydrogen) atoms. The van der Waals surface area contributed by atoms with Crippen molar-refractivity contribution in [2.45, 2.75) is 4.90 Å². The molecular weight excluding hydrogens is 415 g/mol. The van der Waals surface area contributed by atoms with Crippen molar-refractivity contribution >= 4 is 26.6 Å². The first-order valence-corrected chi connectivity index (χ1v) is 11.3. The first kappa shape index (κ1) is 20.7. The number of hydrogen-bond acceptors (Lipinski definition) is 4. The zero-order valence-electron chi connectivity index (χ0n) is 16.5. The molecule has 4 aromatic rings. The molecular formula is C24H19FN2O3S. The van der Waals surface area contributed by atoms with Gasteiger partial charge in [-0.05, 0) is 48.5 Å². The third-order valence-electron chi connectivity index (χ3n) is 4.86. The topological polar surface area (TPSA) is 76.1 Å². The number of benzene rings is 3. The second kappa shape index (κ2) is 8.65. The van der Waals surface area contributed by atoms with Crippen LogP contribution in [0.1, 0.15) is 10.4 Å². The number of carbonyl (C=O) groups is 1. The molecule has 1 amide bonds. The normalized spacial score (nSPS) is 11.4. The molecule has 1 aromatic heterocycles. The molecule has 5 nitrogen and oxygen atoms in total. The highest BCUT2D eigenvalue weighted by Gasteiger charge is 2.17. The predicted molar refractivity (Wildman–Crippen MR) is 118 cm³/mol. The molecule has 0 fully saturated rings. The third kappa shape index (κ3) is 4.62. The molecule has 0 bridgehead atoms. The summed E-state index contributed by atoms with van der Waals surface area (Å²) in [6.45, 7) is -0.0292. The van der Waals surface area contributed by atoms with Crippen molar-refractivity contribution in [2.75, 3.05) is 12.3 Å². The van der Waals surface area contributed by atoms with Crippen LogP contribution < -0.4 is 5.32 Å². The second-order valence-corrected chi connectivity index (χ2v) is 9.08. The SMILES string of the molecule is O=C(NCCS(=O)(=O)c1ccccc1)c1cc(-c2ccc(F)cc2)nc2ccccc12. The van der Waals surface area contributed by atoms with Crippen LogP contribution >= 0.6 is 0 Å². The highest BCUT2D eigenvalue weighted by Crippen LogP contribution is 2.25. The molecule has 0 aliphatic heterocycles. The van der Waals surface area contributed by atoms with Gasteiger partial charge in [0.25, 0.3) is 5.91 Å². The van der Waals surface area contributed by atoms with Gasteiger partial charge in [0, 0.05) is 17.5 Å². The maximum absolute atomic E-state index is 13.3. The van der Waals surface area contributed by atoms with Gasteiger partial charge in [0.2, 0.25) is 0 Å². The molecule has 156 valence electrons. The van der Waals surface area contributed by atoms with Crippen molar-refractivity contribution in [3.05, 3.63) is 96.3 Å². The van der Waals surface area contributed by atoms with Crippen LogP contribution in [0.2, 0.25) is 0 Å². The molecule has 0 spiro atoms. The van der Waals surface area contributed by atoms with E-state index in [1.54, 1.807) is 54.6 Å². The molecule has 7 heteroatoms. The lowest BCUT2D eigenvalue weighted by atomic mass is 10.0. The van der Waals surface area contributed by atoms with Crippen molar-refractivity contribution < 1.29 is 17.6 Å². The van der Waals surface area contributed by atoms with Crippen molar-refractivity contribution in [1.29, 1.82) is 0 Å². The van der Waals surface area contributed by atoms with E-state index < -0.39 is 15.7 Å². The van der Waals surface area contributed by atoms with Gasteiger partial charge >= 0.3 is 0 Å². The summed E-state index contributed by atoms with van der Waals surface area (Å²) in [5.41, 5.74) is 2.20. The van der Waals surface area contributed by atoms with Crippen LogP contribution in [0.15, 0.2) is 89.8 Å². The Labute approximate surface area is 179 Å². The van der Waals surface area contributed by atoms with Gasteiger partial charge in [0.1, 0.15) is 5.82 Å². The van der Waals surface area contributed by atoms with Gasteiger partial charge in [-0.3, -0.25) is 4.79 Å². The summed E-state index contributed by atoms with van der Waals surface area (Å²) in [5.74, 6) is -0.969. The summed E-state index contributed by atoms with van der Waals surface area (Å²) in [5, 5.41) is 3.35. The largest absolute Gasteiger partial charge is 0.351 e. The Bertz CT molecular complexity index is 1340. The molecule has 3 aromatic carbocycles. The maximum atomic E-state index is 13.3. The van der Waals surface area contributed by atoms with E-state index in [0.29, 0.717) is 27.7 Å². The number of sulfone groups is 1. The Balaban J connectivity index is 1.59.